The van der Waals surface area contributed by atoms with Crippen LogP contribution in [0.4, 0.5) is 0 Å². The fraction of sp³-hybridized carbons (Fsp3) is 0.579. The third kappa shape index (κ3) is 5.92. The minimum absolute atomic E-state index is 0.153. The van der Waals surface area contributed by atoms with Crippen molar-refractivity contribution < 1.29 is 14.3 Å². The van der Waals surface area contributed by atoms with Gasteiger partial charge in [-0.05, 0) is 37.5 Å². The molecule has 1 amide bonds. The molecule has 1 saturated carbocycles. The normalized spacial score (nSPS) is 16.4. The zero-order valence-electron chi connectivity index (χ0n) is 15.6. The van der Waals surface area contributed by atoms with E-state index in [1.165, 1.54) is 0 Å². The van der Waals surface area contributed by atoms with Crippen molar-refractivity contribution in [2.75, 3.05) is 32.8 Å². The largest absolute Gasteiger partial charge is 0.489 e. The summed E-state index contributed by atoms with van der Waals surface area (Å²) in [5, 5.41) is 9.90. The Labute approximate surface area is 164 Å². The molecule has 3 rings (SSSR count). The number of hydrogen-bond acceptors (Lipinski definition) is 4. The molecular formula is C19H27ClN4O3. The number of aliphatic imine (C=N–C) groups is 1. The van der Waals surface area contributed by atoms with Crippen LogP contribution in [0.15, 0.2) is 17.1 Å². The molecular weight excluding hydrogens is 368 g/mol. The number of rotatable bonds is 7. The Bertz CT molecular complexity index is 692. The molecule has 0 radical (unpaired) electrons. The highest BCUT2D eigenvalue weighted by molar-refractivity contribution is 6.32. The van der Waals surface area contributed by atoms with Gasteiger partial charge in [0.2, 0.25) is 5.91 Å². The average Bonchev–Trinajstić information content (AvgIpc) is 3.49. The van der Waals surface area contributed by atoms with Crippen LogP contribution in [0.3, 0.4) is 0 Å². The number of hydrogen-bond donors (Lipinski definition) is 3. The van der Waals surface area contributed by atoms with Crippen LogP contribution in [0, 0.1) is 5.92 Å². The molecule has 0 atom stereocenters. The van der Waals surface area contributed by atoms with E-state index < -0.39 is 0 Å². The zero-order valence-corrected chi connectivity index (χ0v) is 16.4. The maximum atomic E-state index is 11.6. The second-order valence-electron chi connectivity index (χ2n) is 6.64. The lowest BCUT2D eigenvalue weighted by molar-refractivity contribution is -0.122. The van der Waals surface area contributed by atoms with Gasteiger partial charge < -0.3 is 25.4 Å². The highest BCUT2D eigenvalue weighted by Gasteiger charge is 2.28. The van der Waals surface area contributed by atoms with E-state index in [4.69, 9.17) is 21.1 Å². The first kappa shape index (κ1) is 19.6. The molecule has 0 saturated heterocycles. The minimum atomic E-state index is 0.153. The van der Waals surface area contributed by atoms with Crippen molar-refractivity contribution in [1.29, 1.82) is 0 Å². The molecule has 0 spiro atoms. The van der Waals surface area contributed by atoms with Crippen molar-refractivity contribution in [3.8, 4) is 11.5 Å². The van der Waals surface area contributed by atoms with E-state index in [-0.39, 0.29) is 11.8 Å². The number of guanidine groups is 1. The first-order valence-electron chi connectivity index (χ1n) is 9.55. The van der Waals surface area contributed by atoms with Crippen molar-refractivity contribution in [3.05, 3.63) is 22.7 Å². The Hall–Kier alpha value is -2.15. The fourth-order valence-electron chi connectivity index (χ4n) is 2.74. The van der Waals surface area contributed by atoms with Crippen molar-refractivity contribution in [1.82, 2.24) is 16.0 Å². The van der Waals surface area contributed by atoms with E-state index >= 15 is 0 Å². The summed E-state index contributed by atoms with van der Waals surface area (Å²) in [5.41, 5.74) is 0.948. The number of carbonyl (C=O) groups excluding carboxylic acids is 1. The molecule has 7 nitrogen and oxygen atoms in total. The third-order valence-electron chi connectivity index (χ3n) is 4.29. The van der Waals surface area contributed by atoms with Gasteiger partial charge in [-0.1, -0.05) is 11.6 Å². The predicted molar refractivity (Wildman–Crippen MR) is 106 cm³/mol. The molecule has 1 heterocycles. The molecule has 1 aromatic rings. The summed E-state index contributed by atoms with van der Waals surface area (Å²) in [5.74, 6) is 2.36. The Balaban J connectivity index is 1.54. The maximum absolute atomic E-state index is 11.6. The molecule has 3 N–H and O–H groups in total. The lowest BCUT2D eigenvalue weighted by Gasteiger charge is -2.13. The van der Waals surface area contributed by atoms with Crippen molar-refractivity contribution in [3.63, 3.8) is 0 Å². The van der Waals surface area contributed by atoms with Crippen LogP contribution in [-0.4, -0.2) is 44.7 Å². The zero-order chi connectivity index (χ0) is 19.1. The van der Waals surface area contributed by atoms with Gasteiger partial charge in [-0.2, -0.15) is 0 Å². The Kier molecular flexibility index (Phi) is 7.04. The van der Waals surface area contributed by atoms with Gasteiger partial charge in [0.05, 0.1) is 24.8 Å². The molecule has 1 fully saturated rings. The molecule has 1 aliphatic carbocycles. The Morgan fingerprint density at radius 3 is 2.74 bits per heavy atom. The Morgan fingerprint density at radius 2 is 1.96 bits per heavy atom. The van der Waals surface area contributed by atoms with Crippen LogP contribution < -0.4 is 25.4 Å². The third-order valence-corrected chi connectivity index (χ3v) is 4.57. The van der Waals surface area contributed by atoms with Crippen LogP contribution in [0.5, 0.6) is 11.5 Å². The van der Waals surface area contributed by atoms with Crippen molar-refractivity contribution >= 4 is 23.5 Å². The number of amides is 1. The second-order valence-corrected chi connectivity index (χ2v) is 7.05. The van der Waals surface area contributed by atoms with Gasteiger partial charge in [-0.3, -0.25) is 4.79 Å². The van der Waals surface area contributed by atoms with E-state index in [1.54, 1.807) is 0 Å². The van der Waals surface area contributed by atoms with Crippen LogP contribution in [0.2, 0.25) is 5.02 Å². The van der Waals surface area contributed by atoms with Gasteiger partial charge in [0.15, 0.2) is 17.5 Å². The SMILES string of the molecule is CCNC(=NCc1cc(Cl)c2c(c1)OCCCO2)NCCNC(=O)C1CC1. The number of nitrogens with one attached hydrogen (secondary N) is 3. The molecule has 148 valence electrons. The number of ether oxygens (including phenoxy) is 2. The molecule has 2 aliphatic rings. The number of halogens is 1. The van der Waals surface area contributed by atoms with Crippen LogP contribution in [-0.2, 0) is 11.3 Å². The summed E-state index contributed by atoms with van der Waals surface area (Å²) in [6.45, 7) is 5.64. The summed E-state index contributed by atoms with van der Waals surface area (Å²) >= 11 is 6.33. The van der Waals surface area contributed by atoms with E-state index in [1.807, 2.05) is 19.1 Å². The number of carbonyl (C=O) groups is 1. The lowest BCUT2D eigenvalue weighted by Crippen LogP contribution is -2.41. The highest BCUT2D eigenvalue weighted by atomic mass is 35.5. The summed E-state index contributed by atoms with van der Waals surface area (Å²) in [6, 6.07) is 3.79. The molecule has 8 heteroatoms. The topological polar surface area (TPSA) is 84.0 Å². The number of nitrogens with zero attached hydrogens (tertiary/aromatic N) is 1. The molecule has 1 aliphatic heterocycles. The van der Waals surface area contributed by atoms with E-state index in [9.17, 15) is 4.79 Å². The van der Waals surface area contributed by atoms with Gasteiger partial charge in [-0.15, -0.1) is 0 Å². The van der Waals surface area contributed by atoms with Crippen LogP contribution in [0.25, 0.3) is 0 Å². The fourth-order valence-corrected chi connectivity index (χ4v) is 3.03. The van der Waals surface area contributed by atoms with Crippen LogP contribution >= 0.6 is 11.6 Å². The first-order chi connectivity index (χ1) is 13.2. The van der Waals surface area contributed by atoms with Gasteiger partial charge in [0, 0.05) is 32.0 Å². The van der Waals surface area contributed by atoms with Gasteiger partial charge in [0.1, 0.15) is 0 Å². The van der Waals surface area contributed by atoms with E-state index in [0.29, 0.717) is 55.3 Å². The van der Waals surface area contributed by atoms with E-state index in [0.717, 1.165) is 31.4 Å². The summed E-state index contributed by atoms with van der Waals surface area (Å²) in [7, 11) is 0. The predicted octanol–water partition coefficient (Wildman–Crippen LogP) is 2.08. The van der Waals surface area contributed by atoms with Gasteiger partial charge in [0.25, 0.3) is 0 Å². The smallest absolute Gasteiger partial charge is 0.223 e. The van der Waals surface area contributed by atoms with Gasteiger partial charge in [-0.25, -0.2) is 4.99 Å². The summed E-state index contributed by atoms with van der Waals surface area (Å²) in [4.78, 5) is 16.2. The summed E-state index contributed by atoms with van der Waals surface area (Å²) < 4.78 is 11.4. The second kappa shape index (κ2) is 9.69. The van der Waals surface area contributed by atoms with Crippen molar-refractivity contribution in [2.24, 2.45) is 10.9 Å². The Morgan fingerprint density at radius 1 is 1.19 bits per heavy atom. The molecule has 0 unspecified atom stereocenters. The molecule has 0 aromatic heterocycles. The lowest BCUT2D eigenvalue weighted by atomic mass is 10.2. The van der Waals surface area contributed by atoms with E-state index in [2.05, 4.69) is 20.9 Å². The molecule has 1 aromatic carbocycles. The first-order valence-corrected chi connectivity index (χ1v) is 9.93. The number of benzene rings is 1. The monoisotopic (exact) mass is 394 g/mol. The van der Waals surface area contributed by atoms with Crippen molar-refractivity contribution in [2.45, 2.75) is 32.7 Å². The summed E-state index contributed by atoms with van der Waals surface area (Å²) in [6.07, 6.45) is 2.87. The quantitative estimate of drug-likeness (QED) is 0.374. The molecule has 0 bridgehead atoms. The number of fused-ring (bicyclic) bond motifs is 1. The highest BCUT2D eigenvalue weighted by Crippen LogP contribution is 2.38. The average molecular weight is 395 g/mol. The minimum Gasteiger partial charge on any atom is -0.489 e. The standard InChI is InChI=1S/C19H27ClN4O3/c1-2-21-19(23-7-6-22-18(25)14-4-5-14)24-12-13-10-15(20)17-16(11-13)26-8-3-9-27-17/h10-11,14H,2-9,12H2,1H3,(H,22,25)(H2,21,23,24). The maximum Gasteiger partial charge on any atom is 0.223 e. The molecule has 27 heavy (non-hydrogen) atoms. The van der Waals surface area contributed by atoms with Crippen LogP contribution in [0.1, 0.15) is 31.7 Å². The van der Waals surface area contributed by atoms with Gasteiger partial charge >= 0.3 is 0 Å².